The van der Waals surface area contributed by atoms with Gasteiger partial charge in [0.2, 0.25) is 5.91 Å². The van der Waals surface area contributed by atoms with Crippen LogP contribution >= 0.6 is 0 Å². The third-order valence-corrected chi connectivity index (χ3v) is 3.54. The van der Waals surface area contributed by atoms with Gasteiger partial charge in [-0.3, -0.25) is 14.5 Å². The van der Waals surface area contributed by atoms with Gasteiger partial charge in [0.15, 0.2) is 5.78 Å². The van der Waals surface area contributed by atoms with Crippen LogP contribution in [0.4, 0.5) is 0 Å². The van der Waals surface area contributed by atoms with E-state index < -0.39 is 11.6 Å². The lowest BCUT2D eigenvalue weighted by Crippen LogP contribution is -2.56. The van der Waals surface area contributed by atoms with E-state index in [1.807, 2.05) is 32.6 Å². The van der Waals surface area contributed by atoms with Gasteiger partial charge < -0.3 is 15.2 Å². The van der Waals surface area contributed by atoms with Gasteiger partial charge in [-0.25, -0.2) is 0 Å². The third-order valence-electron chi connectivity index (χ3n) is 3.54. The molecule has 1 heterocycles. The summed E-state index contributed by atoms with van der Waals surface area (Å²) < 4.78 is 5.71. The maximum atomic E-state index is 12.1. The molecule has 1 fully saturated rings. The first kappa shape index (κ1) is 18.1. The highest BCUT2D eigenvalue weighted by Crippen LogP contribution is 2.20. The molecule has 0 saturated carbocycles. The fourth-order valence-corrected chi connectivity index (χ4v) is 2.79. The zero-order valence-corrected chi connectivity index (χ0v) is 13.7. The van der Waals surface area contributed by atoms with Crippen molar-refractivity contribution in [3.8, 4) is 0 Å². The number of nitrogens with one attached hydrogen (secondary N) is 1. The summed E-state index contributed by atoms with van der Waals surface area (Å²) in [4.78, 5) is 25.6. The minimum absolute atomic E-state index is 0.0334. The molecule has 0 spiro atoms. The standard InChI is InChI=1S/C15H28N2O4/c1-10(2)14(11(3)19)16-13(20)7-17-6-12(8-18)21-15(4,5)9-17/h10,12,14,18H,6-9H2,1-5H3,(H,16,20). The van der Waals surface area contributed by atoms with Crippen molar-refractivity contribution >= 4 is 11.7 Å². The first-order valence-electron chi connectivity index (χ1n) is 7.45. The highest BCUT2D eigenvalue weighted by molar-refractivity contribution is 5.88. The molecule has 0 aromatic heterocycles. The molecule has 0 aromatic carbocycles. The van der Waals surface area contributed by atoms with E-state index in [-0.39, 0.29) is 36.9 Å². The van der Waals surface area contributed by atoms with Gasteiger partial charge in [-0.1, -0.05) is 13.8 Å². The lowest BCUT2D eigenvalue weighted by molar-refractivity contribution is -0.153. The summed E-state index contributed by atoms with van der Waals surface area (Å²) in [6.45, 7) is 10.5. The topological polar surface area (TPSA) is 78.9 Å². The Morgan fingerprint density at radius 2 is 2.05 bits per heavy atom. The predicted octanol–water partition coefficient (Wildman–Crippen LogP) is 0.188. The van der Waals surface area contributed by atoms with E-state index in [1.54, 1.807) is 0 Å². The number of carbonyl (C=O) groups is 2. The number of hydrogen-bond donors (Lipinski definition) is 2. The number of amides is 1. The van der Waals surface area contributed by atoms with Gasteiger partial charge in [-0.05, 0) is 26.7 Å². The Kier molecular flexibility index (Phi) is 6.31. The van der Waals surface area contributed by atoms with Crippen molar-refractivity contribution in [2.75, 3.05) is 26.2 Å². The number of aliphatic hydroxyl groups excluding tert-OH is 1. The number of nitrogens with zero attached hydrogens (tertiary/aromatic N) is 1. The number of rotatable bonds is 6. The number of ketones is 1. The number of hydrogen-bond acceptors (Lipinski definition) is 5. The summed E-state index contributed by atoms with van der Waals surface area (Å²) in [5, 5.41) is 12.1. The van der Waals surface area contributed by atoms with Gasteiger partial charge in [-0.2, -0.15) is 0 Å². The molecule has 1 aliphatic rings. The number of morpholine rings is 1. The van der Waals surface area contributed by atoms with Crippen molar-refractivity contribution in [2.45, 2.75) is 52.4 Å². The second-order valence-electron chi connectivity index (χ2n) is 6.75. The first-order valence-corrected chi connectivity index (χ1v) is 7.45. The van der Waals surface area contributed by atoms with Crippen LogP contribution in [0, 0.1) is 5.92 Å². The van der Waals surface area contributed by atoms with E-state index in [9.17, 15) is 14.7 Å². The average molecular weight is 300 g/mol. The number of Topliss-reactive ketones (excluding diaryl/α,β-unsaturated/α-hetero) is 1. The van der Waals surface area contributed by atoms with E-state index in [4.69, 9.17) is 4.74 Å². The third kappa shape index (κ3) is 5.73. The monoisotopic (exact) mass is 300 g/mol. The van der Waals surface area contributed by atoms with E-state index in [0.717, 1.165) is 0 Å². The second kappa shape index (κ2) is 7.33. The summed E-state index contributed by atoms with van der Waals surface area (Å²) in [6, 6.07) is -0.444. The fraction of sp³-hybridized carbons (Fsp3) is 0.867. The molecule has 0 aliphatic carbocycles. The number of carbonyl (C=O) groups excluding carboxylic acids is 2. The highest BCUT2D eigenvalue weighted by atomic mass is 16.5. The molecule has 2 unspecified atom stereocenters. The van der Waals surface area contributed by atoms with Crippen molar-refractivity contribution in [1.82, 2.24) is 10.2 Å². The molecular weight excluding hydrogens is 272 g/mol. The highest BCUT2D eigenvalue weighted by Gasteiger charge is 2.34. The molecule has 0 aromatic rings. The van der Waals surface area contributed by atoms with Gasteiger partial charge in [0.25, 0.3) is 0 Å². The summed E-state index contributed by atoms with van der Waals surface area (Å²) >= 11 is 0. The van der Waals surface area contributed by atoms with Crippen molar-refractivity contribution < 1.29 is 19.4 Å². The Morgan fingerprint density at radius 1 is 1.43 bits per heavy atom. The minimum Gasteiger partial charge on any atom is -0.394 e. The van der Waals surface area contributed by atoms with E-state index in [1.165, 1.54) is 6.92 Å². The zero-order chi connectivity index (χ0) is 16.2. The molecule has 1 rings (SSSR count). The van der Waals surface area contributed by atoms with E-state index >= 15 is 0 Å². The number of aliphatic hydroxyl groups is 1. The predicted molar refractivity (Wildman–Crippen MR) is 79.9 cm³/mol. The molecular formula is C15H28N2O4. The smallest absolute Gasteiger partial charge is 0.234 e. The Morgan fingerprint density at radius 3 is 2.52 bits per heavy atom. The Labute approximate surface area is 126 Å². The lowest BCUT2D eigenvalue weighted by Gasteiger charge is -2.42. The number of ether oxygens (including phenoxy) is 1. The second-order valence-corrected chi connectivity index (χ2v) is 6.75. The Balaban J connectivity index is 2.59. The molecule has 1 saturated heterocycles. The van der Waals surface area contributed by atoms with Gasteiger partial charge in [0, 0.05) is 13.1 Å². The molecule has 1 aliphatic heterocycles. The average Bonchev–Trinajstić information content (AvgIpc) is 2.33. The maximum Gasteiger partial charge on any atom is 0.234 e. The Hall–Kier alpha value is -0.980. The largest absolute Gasteiger partial charge is 0.394 e. The lowest BCUT2D eigenvalue weighted by atomic mass is 10.0. The van der Waals surface area contributed by atoms with Crippen molar-refractivity contribution in [2.24, 2.45) is 5.92 Å². The Bertz CT molecular complexity index is 382. The SMILES string of the molecule is CC(=O)C(NC(=O)CN1CC(CO)OC(C)(C)C1)C(C)C. The van der Waals surface area contributed by atoms with Crippen LogP contribution in [0.1, 0.15) is 34.6 Å². The maximum absolute atomic E-state index is 12.1. The van der Waals surface area contributed by atoms with Crippen molar-refractivity contribution in [3.63, 3.8) is 0 Å². The van der Waals surface area contributed by atoms with Gasteiger partial charge in [0.05, 0.1) is 30.9 Å². The summed E-state index contributed by atoms with van der Waals surface area (Å²) in [7, 11) is 0. The van der Waals surface area contributed by atoms with Crippen LogP contribution in [0.3, 0.4) is 0 Å². The van der Waals surface area contributed by atoms with Crippen LogP contribution in [0.5, 0.6) is 0 Å². The van der Waals surface area contributed by atoms with Crippen LogP contribution in [0.25, 0.3) is 0 Å². The molecule has 0 bridgehead atoms. The normalized spacial score (nSPS) is 23.9. The summed E-state index contributed by atoms with van der Waals surface area (Å²) in [5.74, 6) is -0.134. The molecule has 21 heavy (non-hydrogen) atoms. The van der Waals surface area contributed by atoms with Crippen molar-refractivity contribution in [1.29, 1.82) is 0 Å². The molecule has 122 valence electrons. The van der Waals surface area contributed by atoms with Crippen LogP contribution in [0.2, 0.25) is 0 Å². The molecule has 2 atom stereocenters. The minimum atomic E-state index is -0.444. The fourth-order valence-electron chi connectivity index (χ4n) is 2.79. The molecule has 1 amide bonds. The van der Waals surface area contributed by atoms with Gasteiger partial charge in [-0.15, -0.1) is 0 Å². The van der Waals surface area contributed by atoms with Crippen LogP contribution < -0.4 is 5.32 Å². The van der Waals surface area contributed by atoms with Crippen molar-refractivity contribution in [3.05, 3.63) is 0 Å². The quantitative estimate of drug-likeness (QED) is 0.732. The molecule has 6 heteroatoms. The van der Waals surface area contributed by atoms with Gasteiger partial charge >= 0.3 is 0 Å². The van der Waals surface area contributed by atoms with Crippen LogP contribution in [-0.2, 0) is 14.3 Å². The summed E-state index contributed by atoms with van der Waals surface area (Å²) in [6.07, 6.45) is -0.282. The first-order chi connectivity index (χ1) is 9.64. The molecule has 0 radical (unpaired) electrons. The van der Waals surface area contributed by atoms with E-state index in [2.05, 4.69) is 5.32 Å². The van der Waals surface area contributed by atoms with Crippen LogP contribution in [0.15, 0.2) is 0 Å². The van der Waals surface area contributed by atoms with Gasteiger partial charge in [0.1, 0.15) is 0 Å². The summed E-state index contributed by atoms with van der Waals surface area (Å²) in [5.41, 5.74) is -0.399. The van der Waals surface area contributed by atoms with Crippen LogP contribution in [-0.4, -0.2) is 65.7 Å². The molecule has 2 N–H and O–H groups in total. The van der Waals surface area contributed by atoms with E-state index in [0.29, 0.717) is 13.1 Å². The zero-order valence-electron chi connectivity index (χ0n) is 13.7. The molecule has 6 nitrogen and oxygen atoms in total.